The molecule has 0 aromatic heterocycles. The van der Waals surface area contributed by atoms with Gasteiger partial charge in [0.1, 0.15) is 11.6 Å². The largest absolute Gasteiger partial charge is 0.349 e. The lowest BCUT2D eigenvalue weighted by Crippen LogP contribution is -2.31. The Morgan fingerprint density at radius 1 is 1.17 bits per heavy atom. The van der Waals surface area contributed by atoms with E-state index in [-0.39, 0.29) is 17.9 Å². The van der Waals surface area contributed by atoms with Gasteiger partial charge in [-0.25, -0.2) is 8.78 Å². The average Bonchev–Trinajstić information content (AvgIpc) is 2.55. The molecule has 0 aliphatic rings. The van der Waals surface area contributed by atoms with E-state index in [1.54, 1.807) is 6.92 Å². The van der Waals surface area contributed by atoms with Crippen molar-refractivity contribution in [3.8, 4) is 0 Å². The Balaban J connectivity index is 2.04. The lowest BCUT2D eigenvalue weighted by atomic mass is 10.0. The Hall–Kier alpha value is -2.27. The second-order valence-electron chi connectivity index (χ2n) is 5.42. The summed E-state index contributed by atoms with van der Waals surface area (Å²) >= 11 is 0. The molecule has 3 N–H and O–H groups in total. The summed E-state index contributed by atoms with van der Waals surface area (Å²) in [4.78, 5) is 12.2. The van der Waals surface area contributed by atoms with Gasteiger partial charge in [0, 0.05) is 18.0 Å². The van der Waals surface area contributed by atoms with Crippen molar-refractivity contribution < 1.29 is 13.6 Å². The summed E-state index contributed by atoms with van der Waals surface area (Å²) in [5, 5.41) is 2.73. The van der Waals surface area contributed by atoms with Crippen LogP contribution in [-0.2, 0) is 4.79 Å². The Morgan fingerprint density at radius 2 is 1.87 bits per heavy atom. The fourth-order valence-corrected chi connectivity index (χ4v) is 2.45. The highest BCUT2D eigenvalue weighted by Crippen LogP contribution is 2.22. The Labute approximate surface area is 134 Å². The minimum atomic E-state index is -0.582. The van der Waals surface area contributed by atoms with Gasteiger partial charge in [0.15, 0.2) is 0 Å². The first-order valence-electron chi connectivity index (χ1n) is 7.56. The van der Waals surface area contributed by atoms with Gasteiger partial charge in [0.05, 0.1) is 6.04 Å². The van der Waals surface area contributed by atoms with E-state index >= 15 is 0 Å². The van der Waals surface area contributed by atoms with Crippen LogP contribution in [0.15, 0.2) is 48.5 Å². The molecule has 0 saturated carbocycles. The topological polar surface area (TPSA) is 55.1 Å². The fourth-order valence-electron chi connectivity index (χ4n) is 2.45. The third-order valence-corrected chi connectivity index (χ3v) is 3.71. The van der Waals surface area contributed by atoms with E-state index < -0.39 is 23.7 Å². The zero-order valence-electron chi connectivity index (χ0n) is 12.9. The van der Waals surface area contributed by atoms with Crippen molar-refractivity contribution >= 4 is 5.91 Å². The summed E-state index contributed by atoms with van der Waals surface area (Å²) < 4.78 is 27.2. The SMILES string of the molecule is CCC(NC(=O)CC(N)c1ccccc1)c1cc(F)ccc1F. The van der Waals surface area contributed by atoms with Crippen LogP contribution in [0.25, 0.3) is 0 Å². The van der Waals surface area contributed by atoms with Crippen LogP contribution in [0.2, 0.25) is 0 Å². The Morgan fingerprint density at radius 3 is 2.52 bits per heavy atom. The summed E-state index contributed by atoms with van der Waals surface area (Å²) in [6.45, 7) is 1.80. The van der Waals surface area contributed by atoms with Crippen LogP contribution in [0.4, 0.5) is 8.78 Å². The zero-order chi connectivity index (χ0) is 16.8. The molecule has 0 radical (unpaired) electrons. The van der Waals surface area contributed by atoms with Crippen LogP contribution >= 0.6 is 0 Å². The maximum Gasteiger partial charge on any atom is 0.222 e. The van der Waals surface area contributed by atoms with Crippen molar-refractivity contribution in [2.24, 2.45) is 5.73 Å². The third kappa shape index (κ3) is 4.60. The first-order chi connectivity index (χ1) is 11.0. The van der Waals surface area contributed by atoms with Crippen LogP contribution < -0.4 is 11.1 Å². The molecular weight excluding hydrogens is 298 g/mol. The van der Waals surface area contributed by atoms with Gasteiger partial charge in [-0.1, -0.05) is 37.3 Å². The Kier molecular flexibility index (Phi) is 5.82. The maximum atomic E-state index is 13.8. The molecule has 2 aromatic carbocycles. The van der Waals surface area contributed by atoms with Crippen LogP contribution in [-0.4, -0.2) is 5.91 Å². The number of benzene rings is 2. The molecule has 0 saturated heterocycles. The fraction of sp³-hybridized carbons (Fsp3) is 0.278. The lowest BCUT2D eigenvalue weighted by Gasteiger charge is -2.20. The van der Waals surface area contributed by atoms with E-state index in [0.717, 1.165) is 23.8 Å². The first-order valence-corrected chi connectivity index (χ1v) is 7.56. The van der Waals surface area contributed by atoms with E-state index in [1.807, 2.05) is 30.3 Å². The molecule has 0 fully saturated rings. The van der Waals surface area contributed by atoms with E-state index in [4.69, 9.17) is 5.73 Å². The minimum Gasteiger partial charge on any atom is -0.349 e. The predicted molar refractivity (Wildman–Crippen MR) is 85.5 cm³/mol. The number of rotatable bonds is 6. The van der Waals surface area contributed by atoms with Gasteiger partial charge in [-0.2, -0.15) is 0 Å². The van der Waals surface area contributed by atoms with E-state index in [1.165, 1.54) is 0 Å². The predicted octanol–water partition coefficient (Wildman–Crippen LogP) is 3.62. The molecule has 2 atom stereocenters. The van der Waals surface area contributed by atoms with Crippen molar-refractivity contribution in [3.05, 3.63) is 71.3 Å². The van der Waals surface area contributed by atoms with Gasteiger partial charge >= 0.3 is 0 Å². The molecular formula is C18H20F2N2O. The highest BCUT2D eigenvalue weighted by atomic mass is 19.1. The average molecular weight is 318 g/mol. The summed E-state index contributed by atoms with van der Waals surface area (Å²) in [7, 11) is 0. The molecule has 122 valence electrons. The van der Waals surface area contributed by atoms with Crippen LogP contribution in [0.1, 0.15) is 43.0 Å². The first kappa shape index (κ1) is 17.1. The minimum absolute atomic E-state index is 0.0808. The number of carbonyl (C=O) groups is 1. The molecule has 5 heteroatoms. The lowest BCUT2D eigenvalue weighted by molar-refractivity contribution is -0.122. The van der Waals surface area contributed by atoms with Gasteiger partial charge < -0.3 is 11.1 Å². The number of hydrogen-bond acceptors (Lipinski definition) is 2. The second-order valence-corrected chi connectivity index (χ2v) is 5.42. The Bertz CT molecular complexity index is 661. The van der Waals surface area contributed by atoms with Crippen molar-refractivity contribution in [3.63, 3.8) is 0 Å². The number of amides is 1. The van der Waals surface area contributed by atoms with Gasteiger partial charge in [-0.15, -0.1) is 0 Å². The number of nitrogens with one attached hydrogen (secondary N) is 1. The molecule has 0 aliphatic carbocycles. The van der Waals surface area contributed by atoms with Gasteiger partial charge in [-0.3, -0.25) is 4.79 Å². The number of nitrogens with two attached hydrogens (primary N) is 1. The monoisotopic (exact) mass is 318 g/mol. The third-order valence-electron chi connectivity index (χ3n) is 3.71. The van der Waals surface area contributed by atoms with Crippen molar-refractivity contribution in [2.75, 3.05) is 0 Å². The number of hydrogen-bond donors (Lipinski definition) is 2. The number of halogens is 2. The van der Waals surface area contributed by atoms with Crippen LogP contribution in [0, 0.1) is 11.6 Å². The molecule has 2 unspecified atom stereocenters. The summed E-state index contributed by atoms with van der Waals surface area (Å²) in [5.41, 5.74) is 7.01. The quantitative estimate of drug-likeness (QED) is 0.854. The highest BCUT2D eigenvalue weighted by Gasteiger charge is 2.19. The van der Waals surface area contributed by atoms with Crippen molar-refractivity contribution in [1.82, 2.24) is 5.32 Å². The normalized spacial score (nSPS) is 13.4. The van der Waals surface area contributed by atoms with Crippen LogP contribution in [0.3, 0.4) is 0 Å². The molecule has 0 spiro atoms. The summed E-state index contributed by atoms with van der Waals surface area (Å²) in [5.74, 6) is -1.36. The maximum absolute atomic E-state index is 13.8. The van der Waals surface area contributed by atoms with Crippen LogP contribution in [0.5, 0.6) is 0 Å². The van der Waals surface area contributed by atoms with Crippen molar-refractivity contribution in [1.29, 1.82) is 0 Å². The smallest absolute Gasteiger partial charge is 0.222 e. The molecule has 3 nitrogen and oxygen atoms in total. The molecule has 2 rings (SSSR count). The highest BCUT2D eigenvalue weighted by molar-refractivity contribution is 5.77. The number of carbonyl (C=O) groups excluding carboxylic acids is 1. The molecule has 1 amide bonds. The second kappa shape index (κ2) is 7.83. The van der Waals surface area contributed by atoms with Gasteiger partial charge in [-0.05, 0) is 30.2 Å². The molecule has 0 bridgehead atoms. The summed E-state index contributed by atoms with van der Waals surface area (Å²) in [6, 6.07) is 11.5. The van der Waals surface area contributed by atoms with Crippen molar-refractivity contribution in [2.45, 2.75) is 31.8 Å². The van der Waals surface area contributed by atoms with E-state index in [2.05, 4.69) is 5.32 Å². The molecule has 0 heterocycles. The van der Waals surface area contributed by atoms with E-state index in [0.29, 0.717) is 6.42 Å². The van der Waals surface area contributed by atoms with Gasteiger partial charge in [0.2, 0.25) is 5.91 Å². The zero-order valence-corrected chi connectivity index (χ0v) is 12.9. The standard InChI is InChI=1S/C18H20F2N2O/c1-2-17(14-10-13(19)8-9-15(14)20)22-18(23)11-16(21)12-6-4-3-5-7-12/h3-10,16-17H,2,11,21H2,1H3,(H,22,23). The van der Waals surface area contributed by atoms with E-state index in [9.17, 15) is 13.6 Å². The molecule has 0 aliphatic heterocycles. The van der Waals surface area contributed by atoms with Gasteiger partial charge in [0.25, 0.3) is 0 Å². The summed E-state index contributed by atoms with van der Waals surface area (Å²) in [6.07, 6.45) is 0.532. The molecule has 23 heavy (non-hydrogen) atoms. The molecule has 2 aromatic rings.